The summed E-state index contributed by atoms with van der Waals surface area (Å²) in [4.78, 5) is 29.2. The van der Waals surface area contributed by atoms with E-state index in [4.69, 9.17) is 9.97 Å². The number of benzene rings is 1. The molecule has 0 N–H and O–H groups in total. The van der Waals surface area contributed by atoms with Crippen molar-refractivity contribution in [2.24, 2.45) is 7.05 Å². The summed E-state index contributed by atoms with van der Waals surface area (Å²) in [6.45, 7) is 7.15. The molecular formula is C25H32N6O. The Morgan fingerprint density at radius 2 is 1.69 bits per heavy atom. The molecule has 2 aliphatic rings. The zero-order chi connectivity index (χ0) is 22.1. The van der Waals surface area contributed by atoms with Crippen LogP contribution < -0.4 is 9.80 Å². The largest absolute Gasteiger partial charge is 0.356 e. The standard InChI is InChI=1S/C25H32N6O/c1-19-16-23(29-10-6-3-7-11-29)27-25(26-19)31-14-12-30(13-15-31)24(32)17-20-18-28(2)22-9-5-4-8-21(20)22/h4-5,8-9,16,18H,3,6-7,10-15,17H2,1-2H3. The van der Waals surface area contributed by atoms with Crippen molar-refractivity contribution >= 4 is 28.6 Å². The molecular weight excluding hydrogens is 400 g/mol. The van der Waals surface area contributed by atoms with E-state index in [0.717, 1.165) is 49.2 Å². The molecule has 4 heterocycles. The van der Waals surface area contributed by atoms with Gasteiger partial charge in [0.1, 0.15) is 5.82 Å². The average Bonchev–Trinajstić information content (AvgIpc) is 3.14. The van der Waals surface area contributed by atoms with Crippen molar-refractivity contribution in [3.63, 3.8) is 0 Å². The van der Waals surface area contributed by atoms with Crippen LogP contribution in [0, 0.1) is 6.92 Å². The van der Waals surface area contributed by atoms with Crippen LogP contribution in [0.3, 0.4) is 0 Å². The molecule has 0 bridgehead atoms. The molecule has 7 nitrogen and oxygen atoms in total. The molecule has 7 heteroatoms. The second kappa shape index (κ2) is 8.81. The Morgan fingerprint density at radius 1 is 0.938 bits per heavy atom. The van der Waals surface area contributed by atoms with E-state index >= 15 is 0 Å². The van der Waals surface area contributed by atoms with Gasteiger partial charge in [0.15, 0.2) is 0 Å². The van der Waals surface area contributed by atoms with E-state index in [9.17, 15) is 4.79 Å². The highest BCUT2D eigenvalue weighted by atomic mass is 16.2. The number of para-hydroxylation sites is 1. The van der Waals surface area contributed by atoms with Crippen LogP contribution in [-0.4, -0.2) is 64.6 Å². The maximum atomic E-state index is 13.0. The number of fused-ring (bicyclic) bond motifs is 1. The van der Waals surface area contributed by atoms with Crippen molar-refractivity contribution in [2.75, 3.05) is 49.1 Å². The lowest BCUT2D eigenvalue weighted by Crippen LogP contribution is -2.49. The fraction of sp³-hybridized carbons (Fsp3) is 0.480. The van der Waals surface area contributed by atoms with Gasteiger partial charge >= 0.3 is 0 Å². The monoisotopic (exact) mass is 432 g/mol. The Bertz CT molecular complexity index is 1110. The zero-order valence-electron chi connectivity index (χ0n) is 19.1. The number of carbonyl (C=O) groups excluding carboxylic acids is 1. The van der Waals surface area contributed by atoms with E-state index in [1.54, 1.807) is 0 Å². The van der Waals surface area contributed by atoms with Crippen LogP contribution in [0.1, 0.15) is 30.5 Å². The molecule has 2 saturated heterocycles. The summed E-state index contributed by atoms with van der Waals surface area (Å²) in [5.41, 5.74) is 3.27. The van der Waals surface area contributed by atoms with E-state index in [-0.39, 0.29) is 5.91 Å². The van der Waals surface area contributed by atoms with E-state index in [2.05, 4.69) is 38.8 Å². The molecule has 2 aliphatic heterocycles. The third-order valence-electron chi connectivity index (χ3n) is 6.75. The van der Waals surface area contributed by atoms with Crippen molar-refractivity contribution in [3.8, 4) is 0 Å². The van der Waals surface area contributed by atoms with Crippen LogP contribution in [0.2, 0.25) is 0 Å². The van der Waals surface area contributed by atoms with Crippen molar-refractivity contribution < 1.29 is 4.79 Å². The molecule has 1 amide bonds. The van der Waals surface area contributed by atoms with Gasteiger partial charge in [0.25, 0.3) is 0 Å². The lowest BCUT2D eigenvalue weighted by Gasteiger charge is -2.35. The highest BCUT2D eigenvalue weighted by Crippen LogP contribution is 2.23. The predicted molar refractivity (Wildman–Crippen MR) is 128 cm³/mol. The van der Waals surface area contributed by atoms with Crippen molar-refractivity contribution in [1.82, 2.24) is 19.4 Å². The number of carbonyl (C=O) groups is 1. The molecule has 0 aliphatic carbocycles. The molecule has 0 unspecified atom stereocenters. The molecule has 0 spiro atoms. The first kappa shape index (κ1) is 20.8. The number of piperazine rings is 1. The lowest BCUT2D eigenvalue weighted by atomic mass is 10.1. The number of amides is 1. The molecule has 5 rings (SSSR count). The first-order chi connectivity index (χ1) is 15.6. The van der Waals surface area contributed by atoms with Crippen molar-refractivity contribution in [1.29, 1.82) is 0 Å². The number of aromatic nitrogens is 3. The minimum Gasteiger partial charge on any atom is -0.356 e. The van der Waals surface area contributed by atoms with Gasteiger partial charge in [0.2, 0.25) is 11.9 Å². The van der Waals surface area contributed by atoms with Crippen LogP contribution in [0.25, 0.3) is 10.9 Å². The smallest absolute Gasteiger partial charge is 0.227 e. The number of rotatable bonds is 4. The Balaban J connectivity index is 1.24. The van der Waals surface area contributed by atoms with Gasteiger partial charge in [-0.1, -0.05) is 18.2 Å². The molecule has 3 aromatic rings. The first-order valence-electron chi connectivity index (χ1n) is 11.7. The quantitative estimate of drug-likeness (QED) is 0.634. The minimum atomic E-state index is 0.195. The van der Waals surface area contributed by atoms with Gasteiger partial charge in [-0.05, 0) is 37.8 Å². The molecule has 0 radical (unpaired) electrons. The number of aryl methyl sites for hydroxylation is 2. The number of nitrogens with zero attached hydrogens (tertiary/aromatic N) is 6. The molecule has 0 atom stereocenters. The summed E-state index contributed by atoms with van der Waals surface area (Å²) in [6.07, 6.45) is 6.30. The Hall–Kier alpha value is -3.09. The summed E-state index contributed by atoms with van der Waals surface area (Å²) in [6, 6.07) is 10.4. The van der Waals surface area contributed by atoms with Gasteiger partial charge in [0.05, 0.1) is 6.42 Å². The molecule has 168 valence electrons. The first-order valence-corrected chi connectivity index (χ1v) is 11.7. The second-order valence-corrected chi connectivity index (χ2v) is 9.04. The highest BCUT2D eigenvalue weighted by Gasteiger charge is 2.24. The summed E-state index contributed by atoms with van der Waals surface area (Å²) in [5.74, 6) is 2.04. The predicted octanol–water partition coefficient (Wildman–Crippen LogP) is 3.16. The van der Waals surface area contributed by atoms with Gasteiger partial charge in [-0.15, -0.1) is 0 Å². The van der Waals surface area contributed by atoms with Crippen molar-refractivity contribution in [2.45, 2.75) is 32.6 Å². The Morgan fingerprint density at radius 3 is 2.47 bits per heavy atom. The summed E-state index contributed by atoms with van der Waals surface area (Å²) >= 11 is 0. The van der Waals surface area contributed by atoms with E-state index in [1.165, 1.54) is 30.2 Å². The van der Waals surface area contributed by atoms with Crippen molar-refractivity contribution in [3.05, 3.63) is 47.8 Å². The van der Waals surface area contributed by atoms with Crippen LogP contribution >= 0.6 is 0 Å². The SMILES string of the molecule is Cc1cc(N2CCCCC2)nc(N2CCN(C(=O)Cc3cn(C)c4ccccc34)CC2)n1. The molecule has 1 aromatic carbocycles. The summed E-state index contributed by atoms with van der Waals surface area (Å²) in [7, 11) is 2.04. The van der Waals surface area contributed by atoms with Gasteiger partial charge in [0, 0.05) is 75.2 Å². The third kappa shape index (κ3) is 4.16. The lowest BCUT2D eigenvalue weighted by molar-refractivity contribution is -0.130. The van der Waals surface area contributed by atoms with E-state index < -0.39 is 0 Å². The number of hydrogen-bond donors (Lipinski definition) is 0. The second-order valence-electron chi connectivity index (χ2n) is 9.04. The van der Waals surface area contributed by atoms with Gasteiger partial charge in [-0.3, -0.25) is 4.79 Å². The Labute approximate surface area is 189 Å². The van der Waals surface area contributed by atoms with E-state index in [0.29, 0.717) is 19.5 Å². The van der Waals surface area contributed by atoms with Gasteiger partial charge in [-0.2, -0.15) is 4.98 Å². The molecule has 0 saturated carbocycles. The fourth-order valence-electron chi connectivity index (χ4n) is 4.96. The van der Waals surface area contributed by atoms with Crippen LogP contribution in [0.4, 0.5) is 11.8 Å². The number of anilines is 2. The highest BCUT2D eigenvalue weighted by molar-refractivity contribution is 5.89. The molecule has 32 heavy (non-hydrogen) atoms. The van der Waals surface area contributed by atoms with Crippen LogP contribution in [0.15, 0.2) is 36.5 Å². The summed E-state index contributed by atoms with van der Waals surface area (Å²) in [5, 5.41) is 1.17. The molecule has 2 aromatic heterocycles. The average molecular weight is 433 g/mol. The normalized spacial score (nSPS) is 17.2. The number of piperidine rings is 1. The Kier molecular flexibility index (Phi) is 5.72. The topological polar surface area (TPSA) is 57.5 Å². The van der Waals surface area contributed by atoms with Crippen LogP contribution in [-0.2, 0) is 18.3 Å². The summed E-state index contributed by atoms with van der Waals surface area (Å²) < 4.78 is 2.10. The maximum Gasteiger partial charge on any atom is 0.227 e. The maximum absolute atomic E-state index is 13.0. The molecule has 2 fully saturated rings. The third-order valence-corrected chi connectivity index (χ3v) is 6.75. The van der Waals surface area contributed by atoms with E-state index in [1.807, 2.05) is 31.0 Å². The minimum absolute atomic E-state index is 0.195. The number of hydrogen-bond acceptors (Lipinski definition) is 5. The van der Waals surface area contributed by atoms with Crippen LogP contribution in [0.5, 0.6) is 0 Å². The fourth-order valence-corrected chi connectivity index (χ4v) is 4.96. The van der Waals surface area contributed by atoms with Gasteiger partial charge in [-0.25, -0.2) is 4.98 Å². The zero-order valence-corrected chi connectivity index (χ0v) is 19.1. The van der Waals surface area contributed by atoms with Gasteiger partial charge < -0.3 is 19.3 Å².